The Morgan fingerprint density at radius 2 is 1.45 bits per heavy atom. The third-order valence-electron chi connectivity index (χ3n) is 3.22. The highest BCUT2D eigenvalue weighted by Gasteiger charge is 2.43. The number of aliphatic hydroxyl groups excluding tert-OH is 2. The lowest BCUT2D eigenvalue weighted by Crippen LogP contribution is -2.25. The van der Waals surface area contributed by atoms with Gasteiger partial charge in [-0.2, -0.15) is 0 Å². The minimum atomic E-state index is 0.233. The molecule has 62 valence electrons. The summed E-state index contributed by atoms with van der Waals surface area (Å²) in [6, 6.07) is 0. The predicted molar refractivity (Wildman–Crippen MR) is 41.9 cm³/mol. The minimum absolute atomic E-state index is 0.233. The number of allylic oxidation sites excluding steroid dienone is 2. The van der Waals surface area contributed by atoms with E-state index in [1.165, 1.54) is 0 Å². The van der Waals surface area contributed by atoms with Gasteiger partial charge in [0, 0.05) is 13.2 Å². The van der Waals surface area contributed by atoms with Gasteiger partial charge in [0.05, 0.1) is 0 Å². The fourth-order valence-electron chi connectivity index (χ4n) is 2.57. The third kappa shape index (κ3) is 0.932. The van der Waals surface area contributed by atoms with Crippen LogP contribution >= 0.6 is 0 Å². The molecule has 0 amide bonds. The fraction of sp³-hybridized carbons (Fsp3) is 0.778. The molecule has 0 radical (unpaired) electrons. The van der Waals surface area contributed by atoms with Gasteiger partial charge < -0.3 is 10.2 Å². The van der Waals surface area contributed by atoms with Gasteiger partial charge in [-0.1, -0.05) is 12.2 Å². The van der Waals surface area contributed by atoms with Crippen LogP contribution in [0.4, 0.5) is 0 Å². The Labute approximate surface area is 66.5 Å². The molecule has 0 spiro atoms. The maximum absolute atomic E-state index is 9.04. The molecule has 2 N–H and O–H groups in total. The number of rotatable bonds is 2. The molecule has 0 aromatic heterocycles. The topological polar surface area (TPSA) is 40.5 Å². The Morgan fingerprint density at radius 1 is 1.00 bits per heavy atom. The van der Waals surface area contributed by atoms with Crippen molar-refractivity contribution in [2.45, 2.75) is 6.42 Å². The zero-order valence-electron chi connectivity index (χ0n) is 6.48. The highest BCUT2D eigenvalue weighted by Crippen LogP contribution is 2.47. The van der Waals surface area contributed by atoms with E-state index >= 15 is 0 Å². The lowest BCUT2D eigenvalue weighted by atomic mass is 9.84. The average molecular weight is 154 g/mol. The second kappa shape index (κ2) is 2.61. The van der Waals surface area contributed by atoms with E-state index in [4.69, 9.17) is 10.2 Å². The number of fused-ring (bicyclic) bond motifs is 2. The average Bonchev–Trinajstić information content (AvgIpc) is 2.60. The van der Waals surface area contributed by atoms with Gasteiger partial charge in [-0.25, -0.2) is 0 Å². The predicted octanol–water partition coefficient (Wildman–Crippen LogP) is 0.409. The van der Waals surface area contributed by atoms with E-state index in [-0.39, 0.29) is 13.2 Å². The molecule has 11 heavy (non-hydrogen) atoms. The second-order valence-electron chi connectivity index (χ2n) is 3.64. The molecule has 2 heteroatoms. The van der Waals surface area contributed by atoms with Gasteiger partial charge in [-0.05, 0) is 30.1 Å². The van der Waals surface area contributed by atoms with Crippen LogP contribution < -0.4 is 0 Å². The molecule has 0 aromatic rings. The molecule has 1 fully saturated rings. The minimum Gasteiger partial charge on any atom is -0.396 e. The molecule has 0 saturated heterocycles. The molecule has 0 heterocycles. The SMILES string of the molecule is OC[C@@H]1[C@@H](CO)[C@H]2C=C[C@@H]1C2. The Morgan fingerprint density at radius 3 is 1.82 bits per heavy atom. The molecule has 0 aliphatic heterocycles. The summed E-state index contributed by atoms with van der Waals surface area (Å²) in [4.78, 5) is 0. The van der Waals surface area contributed by atoms with Crippen LogP contribution in [-0.2, 0) is 0 Å². The number of hydrogen-bond acceptors (Lipinski definition) is 2. The Balaban J connectivity index is 2.15. The van der Waals surface area contributed by atoms with Crippen molar-refractivity contribution in [2.24, 2.45) is 23.7 Å². The van der Waals surface area contributed by atoms with Gasteiger partial charge in [0.2, 0.25) is 0 Å². The Bertz CT molecular complexity index is 158. The van der Waals surface area contributed by atoms with Gasteiger partial charge in [0.25, 0.3) is 0 Å². The molecule has 2 aliphatic rings. The fourth-order valence-corrected chi connectivity index (χ4v) is 2.57. The van der Waals surface area contributed by atoms with Crippen LogP contribution in [0, 0.1) is 23.7 Å². The first-order chi connectivity index (χ1) is 5.36. The molecule has 0 aromatic carbocycles. The van der Waals surface area contributed by atoms with E-state index in [1.807, 2.05) is 0 Å². The lowest BCUT2D eigenvalue weighted by Gasteiger charge is -2.23. The van der Waals surface area contributed by atoms with Crippen molar-refractivity contribution in [3.63, 3.8) is 0 Å². The Kier molecular flexibility index (Phi) is 1.74. The van der Waals surface area contributed by atoms with Gasteiger partial charge in [-0.3, -0.25) is 0 Å². The van der Waals surface area contributed by atoms with Gasteiger partial charge in [0.15, 0.2) is 0 Å². The van der Waals surface area contributed by atoms with E-state index in [0.717, 1.165) is 6.42 Å². The summed E-state index contributed by atoms with van der Waals surface area (Å²) < 4.78 is 0. The molecule has 2 rings (SSSR count). The van der Waals surface area contributed by atoms with E-state index in [2.05, 4.69) is 12.2 Å². The number of hydrogen-bond donors (Lipinski definition) is 2. The summed E-state index contributed by atoms with van der Waals surface area (Å²) in [5.74, 6) is 1.74. The highest BCUT2D eigenvalue weighted by atomic mass is 16.3. The summed E-state index contributed by atoms with van der Waals surface area (Å²) in [6.45, 7) is 0.466. The van der Waals surface area contributed by atoms with Crippen LogP contribution in [0.2, 0.25) is 0 Å². The molecular formula is C9H14O2. The summed E-state index contributed by atoms with van der Waals surface area (Å²) >= 11 is 0. The van der Waals surface area contributed by atoms with Crippen LogP contribution in [-0.4, -0.2) is 23.4 Å². The summed E-state index contributed by atoms with van der Waals surface area (Å²) in [6.07, 6.45) is 5.53. The molecule has 4 atom stereocenters. The zero-order valence-corrected chi connectivity index (χ0v) is 6.48. The second-order valence-corrected chi connectivity index (χ2v) is 3.64. The monoisotopic (exact) mass is 154 g/mol. The van der Waals surface area contributed by atoms with Crippen molar-refractivity contribution in [3.05, 3.63) is 12.2 Å². The molecule has 2 bridgehead atoms. The lowest BCUT2D eigenvalue weighted by molar-refractivity contribution is 0.112. The first-order valence-corrected chi connectivity index (χ1v) is 4.27. The maximum atomic E-state index is 9.04. The van der Waals surface area contributed by atoms with E-state index < -0.39 is 0 Å². The van der Waals surface area contributed by atoms with Crippen LogP contribution in [0.5, 0.6) is 0 Å². The van der Waals surface area contributed by atoms with Gasteiger partial charge in [-0.15, -0.1) is 0 Å². The first kappa shape index (κ1) is 7.32. The van der Waals surface area contributed by atoms with Crippen LogP contribution in [0.3, 0.4) is 0 Å². The summed E-state index contributed by atoms with van der Waals surface area (Å²) in [5.41, 5.74) is 0. The maximum Gasteiger partial charge on any atom is 0.0468 e. The zero-order chi connectivity index (χ0) is 7.84. The van der Waals surface area contributed by atoms with Crippen LogP contribution in [0.25, 0.3) is 0 Å². The van der Waals surface area contributed by atoms with Crippen molar-refractivity contribution in [1.82, 2.24) is 0 Å². The smallest absolute Gasteiger partial charge is 0.0468 e. The van der Waals surface area contributed by atoms with E-state index in [9.17, 15) is 0 Å². The van der Waals surface area contributed by atoms with E-state index in [1.54, 1.807) is 0 Å². The van der Waals surface area contributed by atoms with Crippen LogP contribution in [0.1, 0.15) is 6.42 Å². The van der Waals surface area contributed by atoms with Crippen molar-refractivity contribution < 1.29 is 10.2 Å². The largest absolute Gasteiger partial charge is 0.396 e. The highest BCUT2D eigenvalue weighted by molar-refractivity contribution is 5.13. The Hall–Kier alpha value is -0.340. The third-order valence-corrected chi connectivity index (χ3v) is 3.22. The molecule has 0 unspecified atom stereocenters. The quantitative estimate of drug-likeness (QED) is 0.565. The van der Waals surface area contributed by atoms with Crippen molar-refractivity contribution >= 4 is 0 Å². The van der Waals surface area contributed by atoms with Crippen LogP contribution in [0.15, 0.2) is 12.2 Å². The van der Waals surface area contributed by atoms with Gasteiger partial charge in [0.1, 0.15) is 0 Å². The summed E-state index contributed by atoms with van der Waals surface area (Å²) in [7, 11) is 0. The van der Waals surface area contributed by atoms with Crippen molar-refractivity contribution in [2.75, 3.05) is 13.2 Å². The van der Waals surface area contributed by atoms with Crippen molar-refractivity contribution in [3.8, 4) is 0 Å². The normalized spacial score (nSPS) is 47.1. The number of aliphatic hydroxyl groups is 2. The molecule has 2 nitrogen and oxygen atoms in total. The molecular weight excluding hydrogens is 140 g/mol. The summed E-state index contributed by atoms with van der Waals surface area (Å²) in [5, 5.41) is 18.1. The van der Waals surface area contributed by atoms with Gasteiger partial charge >= 0.3 is 0 Å². The van der Waals surface area contributed by atoms with Crippen molar-refractivity contribution in [1.29, 1.82) is 0 Å². The molecule has 2 aliphatic carbocycles. The molecule has 1 saturated carbocycles. The first-order valence-electron chi connectivity index (χ1n) is 4.27. The standard InChI is InChI=1S/C9H14O2/c10-4-8-6-1-2-7(3-6)9(8)5-11/h1-2,6-11H,3-5H2/t6-,7+,8-,9-/m0/s1. The van der Waals surface area contributed by atoms with E-state index in [0.29, 0.717) is 23.7 Å².